The van der Waals surface area contributed by atoms with E-state index in [0.717, 1.165) is 30.2 Å². The number of allylic oxidation sites excluding steroid dienone is 1. The second kappa shape index (κ2) is 6.10. The number of amides is 1. The van der Waals surface area contributed by atoms with Gasteiger partial charge in [0.15, 0.2) is 0 Å². The highest BCUT2D eigenvalue weighted by atomic mass is 19.3. The highest BCUT2D eigenvalue weighted by Gasteiger charge is 2.48. The van der Waals surface area contributed by atoms with Crippen LogP contribution in [-0.4, -0.2) is 41.0 Å². The Labute approximate surface area is 100 Å². The number of carbonyl (C=O) groups is 1. The molecule has 0 aromatic heterocycles. The number of likely N-dealkylation sites (tertiary alicyclic amines) is 1. The summed E-state index contributed by atoms with van der Waals surface area (Å²) in [6, 6.07) is 0. The van der Waals surface area contributed by atoms with Gasteiger partial charge in [0.1, 0.15) is 6.10 Å². The summed E-state index contributed by atoms with van der Waals surface area (Å²) >= 11 is 0. The van der Waals surface area contributed by atoms with Crippen molar-refractivity contribution >= 4 is 5.91 Å². The molecule has 1 heterocycles. The van der Waals surface area contributed by atoms with Gasteiger partial charge in [-0.05, 0) is 19.3 Å². The first-order chi connectivity index (χ1) is 8.00. The number of rotatable bonds is 5. The number of aliphatic hydroxyl groups is 1. The van der Waals surface area contributed by atoms with Gasteiger partial charge in [-0.25, -0.2) is 0 Å². The highest BCUT2D eigenvalue weighted by Crippen LogP contribution is 2.25. The molecular weight excluding hydrogens is 228 g/mol. The topological polar surface area (TPSA) is 40.5 Å². The summed E-state index contributed by atoms with van der Waals surface area (Å²) in [4.78, 5) is 12.6. The number of unbranched alkanes of at least 4 members (excludes halogenated alkanes) is 1. The van der Waals surface area contributed by atoms with E-state index in [2.05, 4.69) is 0 Å². The quantitative estimate of drug-likeness (QED) is 0.754. The molecule has 1 rings (SSSR count). The Morgan fingerprint density at radius 3 is 2.59 bits per heavy atom. The maximum Gasteiger partial charge on any atom is 0.353 e. The minimum atomic E-state index is -3.71. The van der Waals surface area contributed by atoms with E-state index >= 15 is 0 Å². The van der Waals surface area contributed by atoms with E-state index < -0.39 is 17.9 Å². The van der Waals surface area contributed by atoms with Gasteiger partial charge in [-0.3, -0.25) is 4.79 Å². The Balaban J connectivity index is 2.61. The molecule has 17 heavy (non-hydrogen) atoms. The largest absolute Gasteiger partial charge is 0.382 e. The smallest absolute Gasteiger partial charge is 0.353 e. The van der Waals surface area contributed by atoms with Gasteiger partial charge in [-0.2, -0.15) is 8.78 Å². The van der Waals surface area contributed by atoms with Gasteiger partial charge in [0.05, 0.1) is 0 Å². The summed E-state index contributed by atoms with van der Waals surface area (Å²) in [5.74, 6) is -4.97. The summed E-state index contributed by atoms with van der Waals surface area (Å²) in [7, 11) is 0. The van der Waals surface area contributed by atoms with Crippen LogP contribution in [0.2, 0.25) is 0 Å². The van der Waals surface area contributed by atoms with Gasteiger partial charge in [0.2, 0.25) is 0 Å². The summed E-state index contributed by atoms with van der Waals surface area (Å²) < 4.78 is 27.2. The Kier molecular flexibility index (Phi) is 5.05. The minimum absolute atomic E-state index is 0.361. The first-order valence-electron chi connectivity index (χ1n) is 6.02. The van der Waals surface area contributed by atoms with Gasteiger partial charge < -0.3 is 10.0 Å². The molecule has 1 saturated heterocycles. The van der Waals surface area contributed by atoms with Gasteiger partial charge >= 0.3 is 5.92 Å². The molecule has 0 aromatic rings. The van der Waals surface area contributed by atoms with Crippen LogP contribution in [0.1, 0.15) is 32.6 Å². The van der Waals surface area contributed by atoms with Crippen molar-refractivity contribution in [2.45, 2.75) is 44.6 Å². The Bertz CT molecular complexity index is 286. The Morgan fingerprint density at radius 1 is 1.47 bits per heavy atom. The van der Waals surface area contributed by atoms with Crippen LogP contribution in [-0.2, 0) is 4.79 Å². The first kappa shape index (κ1) is 14.1. The van der Waals surface area contributed by atoms with E-state index in [4.69, 9.17) is 0 Å². The van der Waals surface area contributed by atoms with E-state index in [-0.39, 0.29) is 0 Å². The van der Waals surface area contributed by atoms with Gasteiger partial charge in [0, 0.05) is 13.1 Å². The number of aliphatic hydroxyl groups excluding tert-OH is 1. The lowest BCUT2D eigenvalue weighted by molar-refractivity contribution is -0.168. The fraction of sp³-hybridized carbons (Fsp3) is 0.750. The summed E-state index contributed by atoms with van der Waals surface area (Å²) in [6.45, 7) is 2.63. The molecule has 0 saturated carbocycles. The SMILES string of the molecule is CCC/C=C/C(O)C(F)(F)C(=O)N1CCCC1. The van der Waals surface area contributed by atoms with Crippen molar-refractivity contribution in [1.29, 1.82) is 0 Å². The number of hydrogen-bond acceptors (Lipinski definition) is 2. The van der Waals surface area contributed by atoms with Gasteiger partial charge in [-0.15, -0.1) is 0 Å². The Hall–Kier alpha value is -0.970. The predicted molar refractivity (Wildman–Crippen MR) is 60.8 cm³/mol. The fourth-order valence-electron chi connectivity index (χ4n) is 1.77. The maximum atomic E-state index is 13.6. The standard InChI is InChI=1S/C12H19F2NO2/c1-2-3-4-7-10(16)12(13,14)11(17)15-8-5-6-9-15/h4,7,10,16H,2-3,5-6,8-9H2,1H3/b7-4+. The van der Waals surface area contributed by atoms with Crippen LogP contribution in [0.4, 0.5) is 8.78 Å². The van der Waals surface area contributed by atoms with Crippen LogP contribution in [0.25, 0.3) is 0 Å². The monoisotopic (exact) mass is 247 g/mol. The maximum absolute atomic E-state index is 13.6. The molecule has 3 nitrogen and oxygen atoms in total. The van der Waals surface area contributed by atoms with Crippen molar-refractivity contribution in [2.24, 2.45) is 0 Å². The van der Waals surface area contributed by atoms with E-state index in [1.807, 2.05) is 6.92 Å². The summed E-state index contributed by atoms with van der Waals surface area (Å²) in [6.07, 6.45) is 3.41. The van der Waals surface area contributed by atoms with Crippen molar-refractivity contribution in [3.8, 4) is 0 Å². The van der Waals surface area contributed by atoms with Gasteiger partial charge in [-0.1, -0.05) is 25.5 Å². The molecule has 1 aliphatic rings. The van der Waals surface area contributed by atoms with Crippen molar-refractivity contribution < 1.29 is 18.7 Å². The van der Waals surface area contributed by atoms with E-state index in [0.29, 0.717) is 19.5 Å². The lowest BCUT2D eigenvalue weighted by Crippen LogP contribution is -2.48. The molecule has 0 spiro atoms. The summed E-state index contributed by atoms with van der Waals surface area (Å²) in [5, 5.41) is 9.35. The van der Waals surface area contributed by atoms with Crippen LogP contribution in [0.3, 0.4) is 0 Å². The molecule has 1 aliphatic heterocycles. The third-order valence-corrected chi connectivity index (χ3v) is 2.82. The summed E-state index contributed by atoms with van der Waals surface area (Å²) in [5.41, 5.74) is 0. The van der Waals surface area contributed by atoms with E-state index in [9.17, 15) is 18.7 Å². The molecule has 0 aromatic carbocycles. The first-order valence-corrected chi connectivity index (χ1v) is 6.02. The van der Waals surface area contributed by atoms with Crippen molar-refractivity contribution in [3.63, 3.8) is 0 Å². The number of carbonyl (C=O) groups excluding carboxylic acids is 1. The van der Waals surface area contributed by atoms with Crippen molar-refractivity contribution in [1.82, 2.24) is 4.90 Å². The predicted octanol–water partition coefficient (Wildman–Crippen LogP) is 1.96. The molecule has 0 bridgehead atoms. The molecule has 98 valence electrons. The zero-order chi connectivity index (χ0) is 12.9. The van der Waals surface area contributed by atoms with E-state index in [1.54, 1.807) is 0 Å². The van der Waals surface area contributed by atoms with Crippen LogP contribution < -0.4 is 0 Å². The fourth-order valence-corrected chi connectivity index (χ4v) is 1.77. The van der Waals surface area contributed by atoms with Crippen molar-refractivity contribution in [2.75, 3.05) is 13.1 Å². The molecular formula is C12H19F2NO2. The second-order valence-electron chi connectivity index (χ2n) is 4.28. The average Bonchev–Trinajstić information content (AvgIpc) is 2.81. The average molecular weight is 247 g/mol. The molecule has 1 atom stereocenters. The lowest BCUT2D eigenvalue weighted by Gasteiger charge is -2.24. The number of alkyl halides is 2. The van der Waals surface area contributed by atoms with Gasteiger partial charge in [0.25, 0.3) is 5.91 Å². The molecule has 1 fully saturated rings. The van der Waals surface area contributed by atoms with Crippen molar-refractivity contribution in [3.05, 3.63) is 12.2 Å². The molecule has 0 aliphatic carbocycles. The number of hydrogen-bond donors (Lipinski definition) is 1. The molecule has 1 amide bonds. The molecule has 0 radical (unpaired) electrons. The van der Waals surface area contributed by atoms with Crippen LogP contribution >= 0.6 is 0 Å². The zero-order valence-corrected chi connectivity index (χ0v) is 10.0. The van der Waals surface area contributed by atoms with E-state index in [1.165, 1.54) is 6.08 Å². The van der Waals surface area contributed by atoms with Crippen LogP contribution in [0, 0.1) is 0 Å². The Morgan fingerprint density at radius 2 is 2.06 bits per heavy atom. The number of nitrogens with zero attached hydrogens (tertiary/aromatic N) is 1. The molecule has 1 N–H and O–H groups in total. The lowest BCUT2D eigenvalue weighted by atomic mass is 10.1. The zero-order valence-electron chi connectivity index (χ0n) is 10.0. The normalized spacial score (nSPS) is 18.9. The van der Waals surface area contributed by atoms with Crippen LogP contribution in [0.5, 0.6) is 0 Å². The molecule has 5 heteroatoms. The third kappa shape index (κ3) is 3.49. The highest BCUT2D eigenvalue weighted by molar-refractivity contribution is 5.84. The minimum Gasteiger partial charge on any atom is -0.382 e. The third-order valence-electron chi connectivity index (χ3n) is 2.82. The number of halogens is 2. The molecule has 1 unspecified atom stereocenters. The second-order valence-corrected chi connectivity index (χ2v) is 4.28. The van der Waals surface area contributed by atoms with Crippen LogP contribution in [0.15, 0.2) is 12.2 Å².